The van der Waals surface area contributed by atoms with Crippen molar-refractivity contribution in [3.63, 3.8) is 0 Å². The molecule has 2 atom stereocenters. The molecule has 2 aliphatic rings. The number of piperidine rings is 1. The van der Waals surface area contributed by atoms with Gasteiger partial charge >= 0.3 is 12.4 Å². The van der Waals surface area contributed by atoms with Gasteiger partial charge < -0.3 is 15.3 Å². The van der Waals surface area contributed by atoms with Gasteiger partial charge in [-0.3, -0.25) is 9.89 Å². The van der Waals surface area contributed by atoms with Crippen molar-refractivity contribution in [2.45, 2.75) is 43.1 Å². The topological polar surface area (TPSA) is 118 Å². The maximum absolute atomic E-state index is 13.6. The summed E-state index contributed by atoms with van der Waals surface area (Å²) in [5.74, 6) is -4.41. The number of aliphatic hydroxyl groups excluding tert-OH is 1. The fraction of sp³-hybridized carbons (Fsp3) is 0.474. The molecule has 2 aromatic rings. The fourth-order valence-electron chi connectivity index (χ4n) is 4.27. The first-order valence-corrected chi connectivity index (χ1v) is 9.78. The highest BCUT2D eigenvalue weighted by Gasteiger charge is 2.54. The average Bonchev–Trinajstić information content (AvgIpc) is 3.15. The van der Waals surface area contributed by atoms with Gasteiger partial charge in [0.2, 0.25) is 0 Å². The molecule has 2 aromatic heterocycles. The number of nitrogens with one attached hydrogen (secondary N) is 2. The van der Waals surface area contributed by atoms with Crippen molar-refractivity contribution in [2.24, 2.45) is 0 Å². The molecule has 0 bridgehead atoms. The van der Waals surface area contributed by atoms with E-state index < -0.39 is 47.3 Å². The predicted molar refractivity (Wildman–Crippen MR) is 100 cm³/mol. The van der Waals surface area contributed by atoms with Crippen molar-refractivity contribution in [1.29, 1.82) is 5.26 Å². The molecule has 0 aliphatic carbocycles. The van der Waals surface area contributed by atoms with E-state index in [0.29, 0.717) is 0 Å². The summed E-state index contributed by atoms with van der Waals surface area (Å²) >= 11 is 0. The third kappa shape index (κ3) is 4.08. The second-order valence-electron chi connectivity index (χ2n) is 7.81. The minimum atomic E-state index is -4.90. The average molecular weight is 474 g/mol. The molecule has 4 heterocycles. The number of nitriles is 1. The van der Waals surface area contributed by atoms with Crippen LogP contribution in [0.15, 0.2) is 12.3 Å². The molecule has 14 heteroatoms. The number of aromatic nitrogens is 3. The number of fused-ring (bicyclic) bond motifs is 1. The normalized spacial score (nSPS) is 22.0. The quantitative estimate of drug-likeness (QED) is 0.576. The van der Waals surface area contributed by atoms with Crippen LogP contribution in [0.25, 0.3) is 0 Å². The molecule has 0 unspecified atom stereocenters. The zero-order chi connectivity index (χ0) is 24.1. The number of hydrogen-bond acceptors (Lipinski definition) is 6. The van der Waals surface area contributed by atoms with E-state index in [9.17, 15) is 36.2 Å². The third-order valence-corrected chi connectivity index (χ3v) is 5.87. The van der Waals surface area contributed by atoms with Crippen molar-refractivity contribution >= 4 is 17.5 Å². The van der Waals surface area contributed by atoms with Crippen LogP contribution in [0.3, 0.4) is 0 Å². The summed E-state index contributed by atoms with van der Waals surface area (Å²) < 4.78 is 80.6. The zero-order valence-electron chi connectivity index (χ0n) is 16.6. The summed E-state index contributed by atoms with van der Waals surface area (Å²) in [6.45, 7) is 0.362. The number of carbonyl (C=O) groups is 1. The monoisotopic (exact) mass is 474 g/mol. The first-order chi connectivity index (χ1) is 15.4. The van der Waals surface area contributed by atoms with E-state index in [1.54, 1.807) is 4.90 Å². The van der Waals surface area contributed by atoms with E-state index in [4.69, 9.17) is 5.26 Å². The van der Waals surface area contributed by atoms with Gasteiger partial charge in [0.25, 0.3) is 5.91 Å². The van der Waals surface area contributed by atoms with Gasteiger partial charge in [-0.2, -0.15) is 36.7 Å². The van der Waals surface area contributed by atoms with Crippen molar-refractivity contribution in [2.75, 3.05) is 23.3 Å². The zero-order valence-corrected chi connectivity index (χ0v) is 16.6. The van der Waals surface area contributed by atoms with Gasteiger partial charge in [0.15, 0.2) is 5.82 Å². The molecule has 4 rings (SSSR count). The van der Waals surface area contributed by atoms with Crippen LogP contribution in [-0.2, 0) is 11.0 Å². The van der Waals surface area contributed by atoms with Crippen LogP contribution < -0.4 is 10.2 Å². The predicted octanol–water partition coefficient (Wildman–Crippen LogP) is 3.04. The van der Waals surface area contributed by atoms with Crippen LogP contribution in [0.4, 0.5) is 38.0 Å². The van der Waals surface area contributed by atoms with E-state index in [0.717, 1.165) is 12.3 Å². The number of alkyl halides is 6. The highest BCUT2D eigenvalue weighted by Crippen LogP contribution is 2.47. The SMILES string of the molecule is N#Cc1cnc(N2CCC(c3[nH]nc4c3[C@@H](C(F)(F)F)[C@@H](O)C(=O)N4)CC2)cc1C(F)(F)F. The van der Waals surface area contributed by atoms with E-state index in [1.807, 2.05) is 0 Å². The number of carbonyl (C=O) groups excluding carboxylic acids is 1. The Morgan fingerprint density at radius 1 is 1.18 bits per heavy atom. The number of pyridine rings is 1. The molecule has 176 valence electrons. The van der Waals surface area contributed by atoms with Gasteiger partial charge in [0.1, 0.15) is 23.9 Å². The number of nitrogens with zero attached hydrogens (tertiary/aromatic N) is 4. The summed E-state index contributed by atoms with van der Waals surface area (Å²) in [6.07, 6.45) is -10.6. The Morgan fingerprint density at radius 3 is 2.42 bits per heavy atom. The first kappa shape index (κ1) is 22.8. The van der Waals surface area contributed by atoms with E-state index in [2.05, 4.69) is 20.5 Å². The Labute approximate surface area is 182 Å². The lowest BCUT2D eigenvalue weighted by Crippen LogP contribution is -2.44. The van der Waals surface area contributed by atoms with Crippen molar-refractivity contribution in [1.82, 2.24) is 15.2 Å². The molecule has 1 saturated heterocycles. The Kier molecular flexibility index (Phi) is 5.47. The highest BCUT2D eigenvalue weighted by molar-refractivity contribution is 5.97. The molecule has 0 aromatic carbocycles. The van der Waals surface area contributed by atoms with Crippen LogP contribution in [0, 0.1) is 11.3 Å². The molecular formula is C19H16F6N6O2. The first-order valence-electron chi connectivity index (χ1n) is 9.78. The molecule has 1 amide bonds. The Morgan fingerprint density at radius 2 is 1.85 bits per heavy atom. The summed E-state index contributed by atoms with van der Waals surface area (Å²) in [5.41, 5.74) is -1.93. The number of amides is 1. The van der Waals surface area contributed by atoms with Crippen LogP contribution in [0.5, 0.6) is 0 Å². The maximum Gasteiger partial charge on any atom is 0.417 e. The molecule has 0 spiro atoms. The lowest BCUT2D eigenvalue weighted by Gasteiger charge is -2.35. The lowest BCUT2D eigenvalue weighted by atomic mass is 9.83. The fourth-order valence-corrected chi connectivity index (χ4v) is 4.27. The largest absolute Gasteiger partial charge is 0.417 e. The molecule has 1 fully saturated rings. The van der Waals surface area contributed by atoms with Crippen molar-refractivity contribution < 1.29 is 36.2 Å². The van der Waals surface area contributed by atoms with Crippen LogP contribution in [-0.4, -0.2) is 51.6 Å². The number of anilines is 2. The van der Waals surface area contributed by atoms with Crippen LogP contribution in [0.1, 0.15) is 47.1 Å². The van der Waals surface area contributed by atoms with Gasteiger partial charge in [-0.1, -0.05) is 0 Å². The molecule has 33 heavy (non-hydrogen) atoms. The molecule has 0 saturated carbocycles. The summed E-state index contributed by atoms with van der Waals surface area (Å²) in [6, 6.07) is 2.24. The molecular weight excluding hydrogens is 458 g/mol. The minimum Gasteiger partial charge on any atom is -0.382 e. The Balaban J connectivity index is 1.57. The summed E-state index contributed by atoms with van der Waals surface area (Å²) in [4.78, 5) is 17.2. The van der Waals surface area contributed by atoms with Crippen molar-refractivity contribution in [3.05, 3.63) is 34.6 Å². The molecule has 3 N–H and O–H groups in total. The smallest absolute Gasteiger partial charge is 0.382 e. The second-order valence-corrected chi connectivity index (χ2v) is 7.81. The van der Waals surface area contributed by atoms with E-state index in [-0.39, 0.29) is 48.8 Å². The highest BCUT2D eigenvalue weighted by atomic mass is 19.4. The van der Waals surface area contributed by atoms with Gasteiger partial charge in [-0.25, -0.2) is 4.98 Å². The second kappa shape index (κ2) is 7.91. The minimum absolute atomic E-state index is 0.00210. The standard InChI is InChI=1S/C19H16F6N6O2/c20-18(21,22)10-5-11(27-7-9(10)6-26)31-3-1-8(2-4-31)14-12-13(19(23,24)25)15(32)17(33)28-16(12)30-29-14/h5,7-8,13,15,32H,1-4H2,(H2,28,29,30,33)/t13-,15-/m1/s1. The number of halogens is 6. The van der Waals surface area contributed by atoms with Crippen LogP contribution >= 0.6 is 0 Å². The number of rotatable bonds is 2. The number of aromatic amines is 1. The third-order valence-electron chi connectivity index (χ3n) is 5.87. The van der Waals surface area contributed by atoms with Gasteiger partial charge in [-0.05, 0) is 18.9 Å². The van der Waals surface area contributed by atoms with E-state index >= 15 is 0 Å². The van der Waals surface area contributed by atoms with E-state index in [1.165, 1.54) is 6.07 Å². The number of H-pyrrole nitrogens is 1. The van der Waals surface area contributed by atoms with Crippen LogP contribution in [0.2, 0.25) is 0 Å². The van der Waals surface area contributed by atoms with Gasteiger partial charge in [-0.15, -0.1) is 0 Å². The summed E-state index contributed by atoms with van der Waals surface area (Å²) in [5, 5.41) is 27.2. The molecule has 8 nitrogen and oxygen atoms in total. The Hall–Kier alpha value is -3.34. The lowest BCUT2D eigenvalue weighted by molar-refractivity contribution is -0.177. The van der Waals surface area contributed by atoms with Crippen molar-refractivity contribution in [3.8, 4) is 6.07 Å². The van der Waals surface area contributed by atoms with Gasteiger partial charge in [0.05, 0.1) is 11.1 Å². The summed E-state index contributed by atoms with van der Waals surface area (Å²) in [7, 11) is 0. The molecule has 0 radical (unpaired) electrons. The Bertz CT molecular complexity index is 1110. The molecule has 2 aliphatic heterocycles. The number of aliphatic hydroxyl groups is 1. The maximum atomic E-state index is 13.6. The van der Waals surface area contributed by atoms with Gasteiger partial charge in [0, 0.05) is 36.5 Å². The number of hydrogen-bond donors (Lipinski definition) is 3.